The van der Waals surface area contributed by atoms with Crippen LogP contribution in [0.15, 0.2) is 103 Å². The maximum atomic E-state index is 5.94. The Morgan fingerprint density at radius 3 is 2.03 bits per heavy atom. The van der Waals surface area contributed by atoms with Crippen molar-refractivity contribution in [3.8, 4) is 5.75 Å². The first-order valence-corrected chi connectivity index (χ1v) is 12.1. The molecule has 1 aliphatic rings. The highest BCUT2D eigenvalue weighted by Gasteiger charge is 2.28. The molecule has 0 bridgehead atoms. The molecule has 5 rings (SSSR count). The van der Waals surface area contributed by atoms with Gasteiger partial charge < -0.3 is 9.64 Å². The van der Waals surface area contributed by atoms with Gasteiger partial charge in [0.15, 0.2) is 0 Å². The van der Waals surface area contributed by atoms with Crippen molar-refractivity contribution >= 4 is 35.2 Å². The summed E-state index contributed by atoms with van der Waals surface area (Å²) in [5.74, 6) is 0.938. The Balaban J connectivity index is 1.75. The molecule has 31 heavy (non-hydrogen) atoms. The molecule has 2 nitrogen and oxygen atoms in total. The molecule has 0 amide bonds. The minimum Gasteiger partial charge on any atom is -0.495 e. The van der Waals surface area contributed by atoms with Gasteiger partial charge in [0.1, 0.15) is 5.75 Å². The van der Waals surface area contributed by atoms with E-state index in [0.29, 0.717) is 0 Å². The van der Waals surface area contributed by atoms with Crippen molar-refractivity contribution in [3.05, 3.63) is 109 Å². The number of hydrogen-bond donors (Lipinski definition) is 0. The van der Waals surface area contributed by atoms with Crippen molar-refractivity contribution in [2.45, 2.75) is 12.8 Å². The number of methoxy groups -OCH3 is 1. The molecule has 0 atom stereocenters. The molecule has 154 valence electrons. The van der Waals surface area contributed by atoms with Crippen molar-refractivity contribution in [1.29, 1.82) is 0 Å². The Labute approximate surface area is 185 Å². The van der Waals surface area contributed by atoms with Crippen LogP contribution < -0.4 is 25.6 Å². The summed E-state index contributed by atoms with van der Waals surface area (Å²) in [6.07, 6.45) is 2.27. The van der Waals surface area contributed by atoms with E-state index >= 15 is 0 Å². The number of nitrogens with zero attached hydrogens (tertiary/aromatic N) is 1. The van der Waals surface area contributed by atoms with Crippen LogP contribution in [0.1, 0.15) is 12.0 Å². The molecule has 0 aromatic heterocycles. The van der Waals surface area contributed by atoms with Crippen LogP contribution in [0.25, 0.3) is 0 Å². The van der Waals surface area contributed by atoms with Crippen LogP contribution in [-0.2, 0) is 6.42 Å². The number of anilines is 2. The van der Waals surface area contributed by atoms with Gasteiger partial charge in [-0.1, -0.05) is 91.0 Å². The standard InChI is InChI=1S/C28H26NOP/c1-30-26-19-10-20-27(28(26)29-21-11-13-22-12-8-9-18-25(22)29)31(23-14-4-2-5-15-23)24-16-6-3-7-17-24/h2-10,12,14-20H,11,13,21H2,1H3. The first kappa shape index (κ1) is 19.8. The number of benzene rings is 4. The van der Waals surface area contributed by atoms with Gasteiger partial charge in [-0.15, -0.1) is 0 Å². The topological polar surface area (TPSA) is 12.5 Å². The molecule has 0 N–H and O–H groups in total. The molecule has 0 saturated carbocycles. The summed E-state index contributed by atoms with van der Waals surface area (Å²) in [6, 6.07) is 37.1. The average Bonchev–Trinajstić information content (AvgIpc) is 2.85. The van der Waals surface area contributed by atoms with Crippen molar-refractivity contribution in [1.82, 2.24) is 0 Å². The van der Waals surface area contributed by atoms with Crippen LogP contribution in [0, 0.1) is 0 Å². The van der Waals surface area contributed by atoms with Gasteiger partial charge in [0.05, 0.1) is 12.8 Å². The monoisotopic (exact) mass is 423 g/mol. The predicted molar refractivity (Wildman–Crippen MR) is 133 cm³/mol. The molecular formula is C28H26NOP. The van der Waals surface area contributed by atoms with Crippen molar-refractivity contribution in [3.63, 3.8) is 0 Å². The largest absolute Gasteiger partial charge is 0.495 e. The predicted octanol–water partition coefficient (Wildman–Crippen LogP) is 5.54. The maximum absolute atomic E-state index is 5.94. The summed E-state index contributed by atoms with van der Waals surface area (Å²) in [4.78, 5) is 2.48. The Morgan fingerprint density at radius 2 is 1.35 bits per heavy atom. The van der Waals surface area contributed by atoms with Crippen LogP contribution >= 0.6 is 7.92 Å². The van der Waals surface area contributed by atoms with Crippen LogP contribution in [0.2, 0.25) is 0 Å². The van der Waals surface area contributed by atoms with Crippen LogP contribution in [0.5, 0.6) is 5.75 Å². The number of rotatable bonds is 5. The second kappa shape index (κ2) is 8.96. The van der Waals surface area contributed by atoms with Gasteiger partial charge >= 0.3 is 0 Å². The summed E-state index contributed by atoms with van der Waals surface area (Å²) in [5, 5.41) is 4.04. The second-order valence-electron chi connectivity index (χ2n) is 7.72. The summed E-state index contributed by atoms with van der Waals surface area (Å²) in [7, 11) is 1.06. The van der Waals surface area contributed by atoms with Gasteiger partial charge in [0, 0.05) is 17.5 Å². The number of ether oxygens (including phenoxy) is 1. The van der Waals surface area contributed by atoms with Gasteiger partial charge in [-0.3, -0.25) is 0 Å². The molecule has 4 aromatic rings. The molecule has 1 aliphatic heterocycles. The van der Waals surface area contributed by atoms with Gasteiger partial charge in [-0.2, -0.15) is 0 Å². The van der Waals surface area contributed by atoms with E-state index in [1.807, 2.05) is 0 Å². The molecule has 0 aliphatic carbocycles. The van der Waals surface area contributed by atoms with E-state index in [2.05, 4.69) is 108 Å². The summed E-state index contributed by atoms with van der Waals surface area (Å²) >= 11 is 0. The third-order valence-electron chi connectivity index (χ3n) is 5.85. The first-order valence-electron chi connectivity index (χ1n) is 10.8. The third kappa shape index (κ3) is 3.84. The van der Waals surface area contributed by atoms with Crippen LogP contribution in [-0.4, -0.2) is 13.7 Å². The molecule has 0 spiro atoms. The van der Waals surface area contributed by atoms with E-state index in [0.717, 1.165) is 25.1 Å². The van der Waals surface area contributed by atoms with E-state index in [9.17, 15) is 0 Å². The second-order valence-corrected chi connectivity index (χ2v) is 9.90. The van der Waals surface area contributed by atoms with E-state index in [-0.39, 0.29) is 0 Å². The van der Waals surface area contributed by atoms with Gasteiger partial charge in [-0.05, 0) is 49.1 Å². The van der Waals surface area contributed by atoms with Crippen molar-refractivity contribution < 1.29 is 4.74 Å². The molecule has 1 heterocycles. The summed E-state index contributed by atoms with van der Waals surface area (Å²) in [6.45, 7) is 0.997. The van der Waals surface area contributed by atoms with E-state index in [1.165, 1.54) is 32.9 Å². The number of hydrogen-bond acceptors (Lipinski definition) is 2. The highest BCUT2D eigenvalue weighted by Crippen LogP contribution is 2.44. The first-order chi connectivity index (χ1) is 15.4. The van der Waals surface area contributed by atoms with Gasteiger partial charge in [0.25, 0.3) is 0 Å². The van der Waals surface area contributed by atoms with E-state index in [4.69, 9.17) is 4.74 Å². The van der Waals surface area contributed by atoms with Crippen LogP contribution in [0.3, 0.4) is 0 Å². The fourth-order valence-electron chi connectivity index (χ4n) is 4.47. The lowest BCUT2D eigenvalue weighted by molar-refractivity contribution is 0.415. The van der Waals surface area contributed by atoms with Crippen LogP contribution in [0.4, 0.5) is 11.4 Å². The minimum atomic E-state index is -0.724. The molecule has 0 fully saturated rings. The molecule has 3 heteroatoms. The van der Waals surface area contributed by atoms with E-state index < -0.39 is 7.92 Å². The SMILES string of the molecule is COc1cccc(P(c2ccccc2)c2ccccc2)c1N1CCCc2ccccc21. The molecule has 0 radical (unpaired) electrons. The Hall–Kier alpha value is -3.09. The number of fused-ring (bicyclic) bond motifs is 1. The Kier molecular flexibility index (Phi) is 5.74. The zero-order valence-corrected chi connectivity index (χ0v) is 18.6. The lowest BCUT2D eigenvalue weighted by Crippen LogP contribution is -2.31. The lowest BCUT2D eigenvalue weighted by Gasteiger charge is -2.35. The van der Waals surface area contributed by atoms with Gasteiger partial charge in [-0.25, -0.2) is 0 Å². The molecule has 0 saturated heterocycles. The molecular weight excluding hydrogens is 397 g/mol. The smallest absolute Gasteiger partial charge is 0.143 e. The Bertz CT molecular complexity index is 1120. The van der Waals surface area contributed by atoms with Gasteiger partial charge in [0.2, 0.25) is 0 Å². The fraction of sp³-hybridized carbons (Fsp3) is 0.143. The highest BCUT2D eigenvalue weighted by molar-refractivity contribution is 7.80. The summed E-state index contributed by atoms with van der Waals surface area (Å²) in [5.41, 5.74) is 3.92. The normalized spacial score (nSPS) is 13.2. The quantitative estimate of drug-likeness (QED) is 0.391. The van der Waals surface area contributed by atoms with Crippen molar-refractivity contribution in [2.75, 3.05) is 18.6 Å². The lowest BCUT2D eigenvalue weighted by atomic mass is 10.0. The zero-order chi connectivity index (χ0) is 21.0. The minimum absolute atomic E-state index is 0.724. The third-order valence-corrected chi connectivity index (χ3v) is 8.32. The molecule has 0 unspecified atom stereocenters. The molecule has 4 aromatic carbocycles. The number of para-hydroxylation sites is 2. The number of aryl methyl sites for hydroxylation is 1. The fourth-order valence-corrected chi connectivity index (χ4v) is 6.95. The maximum Gasteiger partial charge on any atom is 0.143 e. The summed E-state index contributed by atoms with van der Waals surface area (Å²) < 4.78 is 5.94. The highest BCUT2D eigenvalue weighted by atomic mass is 31.1. The van der Waals surface area contributed by atoms with Crippen molar-refractivity contribution in [2.24, 2.45) is 0 Å². The average molecular weight is 423 g/mol. The zero-order valence-electron chi connectivity index (χ0n) is 17.7. The Morgan fingerprint density at radius 1 is 0.710 bits per heavy atom. The van der Waals surface area contributed by atoms with E-state index in [1.54, 1.807) is 7.11 Å².